The summed E-state index contributed by atoms with van der Waals surface area (Å²) in [6.45, 7) is 0.105. The number of amides is 3. The quantitative estimate of drug-likeness (QED) is 0.482. The highest BCUT2D eigenvalue weighted by atomic mass is 16.5. The molecule has 188 valence electrons. The lowest BCUT2D eigenvalue weighted by Crippen LogP contribution is -2.51. The standard InChI is InChI=1S/C28H27N5O4/c1-37-24-8-4-7-20-18(24)12-22(30-20)25(34)31-23(11-16-9-10-16)26(35)33-15-28(13-17(33)14-29)19-5-2-3-6-21(19)32-27(28)36/h2-8,12,16-17,23,30H,9-11,13,15H2,1H3,(H,31,34)(H,32,36)/t17-,23?,28-/m0/s1. The third-order valence-electron chi connectivity index (χ3n) is 7.87. The van der Waals surface area contributed by atoms with Crippen molar-refractivity contribution in [1.29, 1.82) is 5.26 Å². The third kappa shape index (κ3) is 3.80. The highest BCUT2D eigenvalue weighted by molar-refractivity contribution is 6.07. The molecule has 9 heteroatoms. The number of aromatic amines is 1. The Morgan fingerprint density at radius 3 is 2.81 bits per heavy atom. The zero-order chi connectivity index (χ0) is 25.7. The maximum Gasteiger partial charge on any atom is 0.268 e. The minimum Gasteiger partial charge on any atom is -0.496 e. The van der Waals surface area contributed by atoms with Crippen molar-refractivity contribution in [3.05, 3.63) is 59.8 Å². The number of hydrogen-bond donors (Lipinski definition) is 3. The van der Waals surface area contributed by atoms with Crippen LogP contribution in [-0.4, -0.2) is 53.3 Å². The summed E-state index contributed by atoms with van der Waals surface area (Å²) in [6, 6.07) is 15.3. The third-order valence-corrected chi connectivity index (χ3v) is 7.87. The molecule has 6 rings (SSSR count). The molecule has 3 atom stereocenters. The number of benzene rings is 2. The van der Waals surface area contributed by atoms with Gasteiger partial charge in [0.25, 0.3) is 5.91 Å². The molecule has 0 radical (unpaired) electrons. The average Bonchev–Trinajstić information content (AvgIpc) is 3.37. The van der Waals surface area contributed by atoms with Gasteiger partial charge in [-0.25, -0.2) is 0 Å². The van der Waals surface area contributed by atoms with Gasteiger partial charge in [0.2, 0.25) is 11.8 Å². The maximum atomic E-state index is 13.9. The van der Waals surface area contributed by atoms with Crippen LogP contribution in [0.1, 0.15) is 41.7 Å². The molecule has 2 aromatic carbocycles. The van der Waals surface area contributed by atoms with E-state index in [0.717, 1.165) is 35.0 Å². The predicted molar refractivity (Wildman–Crippen MR) is 136 cm³/mol. The lowest BCUT2D eigenvalue weighted by molar-refractivity contribution is -0.133. The second-order valence-corrected chi connectivity index (χ2v) is 10.2. The van der Waals surface area contributed by atoms with Gasteiger partial charge in [0.05, 0.1) is 18.6 Å². The van der Waals surface area contributed by atoms with E-state index in [0.29, 0.717) is 23.8 Å². The molecule has 1 aliphatic carbocycles. The minimum atomic E-state index is -0.964. The molecule has 3 amide bonds. The Kier molecular flexibility index (Phi) is 5.41. The van der Waals surface area contributed by atoms with Crippen LogP contribution in [0.5, 0.6) is 5.75 Å². The molecule has 1 unspecified atom stereocenters. The molecule has 1 saturated heterocycles. The largest absolute Gasteiger partial charge is 0.496 e. The maximum absolute atomic E-state index is 13.9. The molecule has 3 N–H and O–H groups in total. The molecule has 2 aliphatic heterocycles. The summed E-state index contributed by atoms with van der Waals surface area (Å²) in [6.07, 6.45) is 2.73. The fourth-order valence-electron chi connectivity index (χ4n) is 5.76. The van der Waals surface area contributed by atoms with Crippen LogP contribution >= 0.6 is 0 Å². The van der Waals surface area contributed by atoms with E-state index in [-0.39, 0.29) is 24.8 Å². The van der Waals surface area contributed by atoms with Crippen LogP contribution in [0.4, 0.5) is 5.69 Å². The van der Waals surface area contributed by atoms with Crippen molar-refractivity contribution >= 4 is 34.3 Å². The summed E-state index contributed by atoms with van der Waals surface area (Å²) >= 11 is 0. The van der Waals surface area contributed by atoms with Crippen LogP contribution in [0.25, 0.3) is 10.9 Å². The van der Waals surface area contributed by atoms with Gasteiger partial charge in [0.1, 0.15) is 23.5 Å². The SMILES string of the molecule is COc1cccc2[nH]c(C(=O)NC(CC3CC3)C(=O)N3C[C@]4(C[C@H]3C#N)C(=O)Nc3ccccc34)cc12. The number of nitrogens with one attached hydrogen (secondary N) is 3. The number of methoxy groups -OCH3 is 1. The highest BCUT2D eigenvalue weighted by Crippen LogP contribution is 2.46. The number of ether oxygens (including phenoxy) is 1. The van der Waals surface area contributed by atoms with E-state index in [2.05, 4.69) is 21.7 Å². The number of rotatable bonds is 6. The summed E-state index contributed by atoms with van der Waals surface area (Å²) in [5.41, 5.74) is 1.65. The molecule has 3 heterocycles. The first-order valence-electron chi connectivity index (χ1n) is 12.5. The first kappa shape index (κ1) is 23.1. The molecule has 37 heavy (non-hydrogen) atoms. The number of likely N-dealkylation sites (tertiary alicyclic amines) is 1. The van der Waals surface area contributed by atoms with Gasteiger partial charge in [-0.3, -0.25) is 14.4 Å². The normalized spacial score (nSPS) is 23.0. The van der Waals surface area contributed by atoms with Crippen LogP contribution in [0.3, 0.4) is 0 Å². The van der Waals surface area contributed by atoms with Crippen LogP contribution in [0.15, 0.2) is 48.5 Å². The zero-order valence-corrected chi connectivity index (χ0v) is 20.4. The fourth-order valence-corrected chi connectivity index (χ4v) is 5.76. The van der Waals surface area contributed by atoms with Crippen molar-refractivity contribution in [3.8, 4) is 11.8 Å². The van der Waals surface area contributed by atoms with E-state index in [1.165, 1.54) is 4.90 Å². The van der Waals surface area contributed by atoms with Gasteiger partial charge in [0, 0.05) is 29.6 Å². The Hall–Kier alpha value is -4.32. The lowest BCUT2D eigenvalue weighted by atomic mass is 9.80. The Morgan fingerprint density at radius 2 is 2.05 bits per heavy atom. The molecular weight excluding hydrogens is 470 g/mol. The first-order chi connectivity index (χ1) is 17.9. The number of nitriles is 1. The zero-order valence-electron chi connectivity index (χ0n) is 20.4. The molecule has 2 fully saturated rings. The summed E-state index contributed by atoms with van der Waals surface area (Å²) in [5.74, 6) is 0.0784. The number of carbonyl (C=O) groups is 3. The number of anilines is 1. The average molecular weight is 498 g/mol. The molecule has 0 bridgehead atoms. The van der Waals surface area contributed by atoms with Crippen LogP contribution in [0, 0.1) is 17.2 Å². The Balaban J connectivity index is 1.27. The fraction of sp³-hybridized carbons (Fsp3) is 0.357. The predicted octanol–water partition coefficient (Wildman–Crippen LogP) is 3.09. The number of hydrogen-bond acceptors (Lipinski definition) is 5. The Morgan fingerprint density at radius 1 is 1.24 bits per heavy atom. The number of fused-ring (bicyclic) bond motifs is 3. The van der Waals surface area contributed by atoms with Crippen LogP contribution in [0.2, 0.25) is 0 Å². The summed E-state index contributed by atoms with van der Waals surface area (Å²) in [5, 5.41) is 16.6. The lowest BCUT2D eigenvalue weighted by Gasteiger charge is -2.27. The Bertz CT molecular complexity index is 1470. The van der Waals surface area contributed by atoms with Gasteiger partial charge in [0.15, 0.2) is 0 Å². The van der Waals surface area contributed by atoms with Crippen molar-refractivity contribution in [2.24, 2.45) is 5.92 Å². The molecule has 3 aliphatic rings. The number of para-hydroxylation sites is 1. The van der Waals surface area contributed by atoms with E-state index in [1.807, 2.05) is 42.5 Å². The van der Waals surface area contributed by atoms with Crippen molar-refractivity contribution in [1.82, 2.24) is 15.2 Å². The van der Waals surface area contributed by atoms with E-state index in [1.54, 1.807) is 13.2 Å². The van der Waals surface area contributed by atoms with Crippen LogP contribution in [-0.2, 0) is 15.0 Å². The number of H-pyrrole nitrogens is 1. The smallest absolute Gasteiger partial charge is 0.268 e. The number of nitrogens with zero attached hydrogens (tertiary/aromatic N) is 2. The van der Waals surface area contributed by atoms with E-state index < -0.39 is 23.4 Å². The van der Waals surface area contributed by atoms with Gasteiger partial charge in [-0.05, 0) is 42.2 Å². The van der Waals surface area contributed by atoms with Crippen molar-refractivity contribution in [2.75, 3.05) is 19.0 Å². The van der Waals surface area contributed by atoms with Gasteiger partial charge in [-0.15, -0.1) is 0 Å². The van der Waals surface area contributed by atoms with Gasteiger partial charge < -0.3 is 25.3 Å². The highest BCUT2D eigenvalue weighted by Gasteiger charge is 2.56. The van der Waals surface area contributed by atoms with Crippen molar-refractivity contribution in [2.45, 2.75) is 43.2 Å². The molecule has 1 aromatic heterocycles. The molecule has 3 aromatic rings. The molecule has 1 spiro atoms. The van der Waals surface area contributed by atoms with Gasteiger partial charge in [-0.1, -0.05) is 37.1 Å². The van der Waals surface area contributed by atoms with Gasteiger partial charge >= 0.3 is 0 Å². The first-order valence-corrected chi connectivity index (χ1v) is 12.5. The summed E-state index contributed by atoms with van der Waals surface area (Å²) in [4.78, 5) is 44.8. The van der Waals surface area contributed by atoms with E-state index in [9.17, 15) is 19.6 Å². The monoisotopic (exact) mass is 497 g/mol. The van der Waals surface area contributed by atoms with Crippen molar-refractivity contribution < 1.29 is 19.1 Å². The molecule has 9 nitrogen and oxygen atoms in total. The number of carbonyl (C=O) groups excluding carboxylic acids is 3. The second-order valence-electron chi connectivity index (χ2n) is 10.2. The number of aromatic nitrogens is 1. The van der Waals surface area contributed by atoms with Crippen molar-refractivity contribution in [3.63, 3.8) is 0 Å². The van der Waals surface area contributed by atoms with Gasteiger partial charge in [-0.2, -0.15) is 5.26 Å². The second kappa shape index (κ2) is 8.66. The summed E-state index contributed by atoms with van der Waals surface area (Å²) < 4.78 is 5.40. The molecule has 1 saturated carbocycles. The van der Waals surface area contributed by atoms with E-state index >= 15 is 0 Å². The topological polar surface area (TPSA) is 127 Å². The Labute approximate surface area is 213 Å². The molecular formula is C28H27N5O4. The van der Waals surface area contributed by atoms with E-state index in [4.69, 9.17) is 4.74 Å². The minimum absolute atomic E-state index is 0.105. The summed E-state index contributed by atoms with van der Waals surface area (Å²) in [7, 11) is 1.57. The van der Waals surface area contributed by atoms with Crippen LogP contribution < -0.4 is 15.4 Å².